The van der Waals surface area contributed by atoms with Crippen molar-refractivity contribution in [3.8, 4) is 0 Å². The number of halogens is 2. The lowest BCUT2D eigenvalue weighted by molar-refractivity contribution is -0.138. The van der Waals surface area contributed by atoms with Crippen LogP contribution in [0.25, 0.3) is 0 Å². The predicted molar refractivity (Wildman–Crippen MR) is 86.7 cm³/mol. The van der Waals surface area contributed by atoms with Crippen molar-refractivity contribution in [3.05, 3.63) is 28.2 Å². The van der Waals surface area contributed by atoms with E-state index in [2.05, 4.69) is 10.2 Å². The Hall–Kier alpha value is -1.46. The number of hydrogen-bond donors (Lipinski definition) is 2. The second-order valence-corrected chi connectivity index (χ2v) is 6.19. The van der Waals surface area contributed by atoms with Gasteiger partial charge < -0.3 is 15.3 Å². The Morgan fingerprint density at radius 2 is 2.09 bits per heavy atom. The molecule has 1 aromatic carbocycles. The minimum absolute atomic E-state index is 0.00166. The highest BCUT2D eigenvalue weighted by Crippen LogP contribution is 2.30. The Bertz CT molecular complexity index is 566. The van der Waals surface area contributed by atoms with E-state index in [4.69, 9.17) is 28.3 Å². The average molecular weight is 345 g/mol. The number of carboxylic acids is 1. The molecule has 1 aromatic rings. The number of carbonyl (C=O) groups excluding carboxylic acids is 1. The van der Waals surface area contributed by atoms with Crippen molar-refractivity contribution in [2.45, 2.75) is 31.7 Å². The summed E-state index contributed by atoms with van der Waals surface area (Å²) in [6, 6.07) is 5.37. The third kappa shape index (κ3) is 4.78. The van der Waals surface area contributed by atoms with Crippen LogP contribution in [0.5, 0.6) is 0 Å². The van der Waals surface area contributed by atoms with Crippen LogP contribution in [0.4, 0.5) is 5.69 Å². The Kier molecular flexibility index (Phi) is 5.91. The number of hydrogen-bond acceptors (Lipinski definition) is 3. The van der Waals surface area contributed by atoms with E-state index in [1.165, 1.54) is 0 Å². The average Bonchev–Trinajstić information content (AvgIpc) is 2.45. The first-order chi connectivity index (χ1) is 10.5. The molecule has 2 N–H and O–H groups in total. The molecule has 0 spiro atoms. The van der Waals surface area contributed by atoms with Crippen molar-refractivity contribution >= 4 is 40.8 Å². The maximum Gasteiger partial charge on any atom is 0.303 e. The van der Waals surface area contributed by atoms with E-state index >= 15 is 0 Å². The summed E-state index contributed by atoms with van der Waals surface area (Å²) in [5.74, 6) is -1.19. The number of nitrogens with zero attached hydrogens (tertiary/aromatic N) is 1. The summed E-state index contributed by atoms with van der Waals surface area (Å²) >= 11 is 12.1. The van der Waals surface area contributed by atoms with Gasteiger partial charge in [-0.15, -0.1) is 0 Å². The molecule has 0 aliphatic carbocycles. The number of nitrogens with one attached hydrogen (secondary N) is 1. The van der Waals surface area contributed by atoms with Crippen LogP contribution in [0.3, 0.4) is 0 Å². The molecule has 22 heavy (non-hydrogen) atoms. The van der Waals surface area contributed by atoms with Gasteiger partial charge in [-0.1, -0.05) is 23.2 Å². The molecule has 0 aromatic heterocycles. The van der Waals surface area contributed by atoms with Crippen LogP contribution in [0.2, 0.25) is 10.0 Å². The minimum atomic E-state index is -0.964. The molecule has 1 unspecified atom stereocenters. The van der Waals surface area contributed by atoms with Gasteiger partial charge in [-0.2, -0.15) is 0 Å². The van der Waals surface area contributed by atoms with Crippen LogP contribution in [-0.2, 0) is 9.59 Å². The largest absolute Gasteiger partial charge is 0.481 e. The third-order valence-corrected chi connectivity index (χ3v) is 4.14. The molecule has 1 fully saturated rings. The van der Waals surface area contributed by atoms with Gasteiger partial charge in [0.2, 0.25) is 5.91 Å². The fourth-order valence-electron chi connectivity index (χ4n) is 2.57. The lowest BCUT2D eigenvalue weighted by Crippen LogP contribution is -2.48. The van der Waals surface area contributed by atoms with Gasteiger partial charge in [-0.3, -0.25) is 9.59 Å². The summed E-state index contributed by atoms with van der Waals surface area (Å²) in [6.07, 6.45) is 1.67. The first-order valence-corrected chi connectivity index (χ1v) is 7.92. The number of piperidine rings is 1. The molecule has 2 rings (SSSR count). The number of carboxylic acid groups (broad SMARTS) is 1. The molecular formula is C15H18Cl2N2O3. The van der Waals surface area contributed by atoms with Gasteiger partial charge in [0.05, 0.1) is 17.1 Å². The van der Waals surface area contributed by atoms with Crippen LogP contribution in [0.1, 0.15) is 25.7 Å². The minimum Gasteiger partial charge on any atom is -0.481 e. The predicted octanol–water partition coefficient (Wildman–Crippen LogP) is 2.94. The topological polar surface area (TPSA) is 69.6 Å². The molecule has 0 radical (unpaired) electrons. The van der Waals surface area contributed by atoms with Gasteiger partial charge in [0, 0.05) is 30.6 Å². The summed E-state index contributed by atoms with van der Waals surface area (Å²) in [4.78, 5) is 24.3. The first kappa shape index (κ1) is 16.9. The molecule has 120 valence electrons. The van der Waals surface area contributed by atoms with E-state index in [1.807, 2.05) is 6.07 Å². The number of carbonyl (C=O) groups is 2. The molecule has 5 nitrogen and oxygen atoms in total. The summed E-state index contributed by atoms with van der Waals surface area (Å²) in [5.41, 5.74) is 0.899. The first-order valence-electron chi connectivity index (χ1n) is 7.17. The highest BCUT2D eigenvalue weighted by atomic mass is 35.5. The number of rotatable bonds is 5. The van der Waals surface area contributed by atoms with Gasteiger partial charge in [0.25, 0.3) is 0 Å². The van der Waals surface area contributed by atoms with Crippen LogP contribution in [-0.4, -0.2) is 36.1 Å². The van der Waals surface area contributed by atoms with Gasteiger partial charge in [0.15, 0.2) is 0 Å². The molecule has 7 heteroatoms. The van der Waals surface area contributed by atoms with Crippen molar-refractivity contribution in [1.29, 1.82) is 0 Å². The van der Waals surface area contributed by atoms with Gasteiger partial charge in [0.1, 0.15) is 0 Å². The second-order valence-electron chi connectivity index (χ2n) is 5.34. The summed E-state index contributed by atoms with van der Waals surface area (Å²) in [7, 11) is 0. The monoisotopic (exact) mass is 344 g/mol. The van der Waals surface area contributed by atoms with E-state index in [0.29, 0.717) is 16.6 Å². The van der Waals surface area contributed by atoms with Crippen molar-refractivity contribution in [3.63, 3.8) is 0 Å². The van der Waals surface area contributed by atoms with Gasteiger partial charge in [-0.25, -0.2) is 0 Å². The normalized spacial score (nSPS) is 18.1. The molecule has 1 amide bonds. The quantitative estimate of drug-likeness (QED) is 0.861. The van der Waals surface area contributed by atoms with Crippen LogP contribution in [0.15, 0.2) is 18.2 Å². The van der Waals surface area contributed by atoms with Crippen LogP contribution < -0.4 is 10.2 Å². The number of benzene rings is 1. The van der Waals surface area contributed by atoms with E-state index in [1.54, 1.807) is 12.1 Å². The van der Waals surface area contributed by atoms with E-state index in [0.717, 1.165) is 25.1 Å². The zero-order valence-corrected chi connectivity index (χ0v) is 13.5. The molecule has 0 bridgehead atoms. The van der Waals surface area contributed by atoms with Gasteiger partial charge in [-0.05, 0) is 31.0 Å². The molecule has 1 saturated heterocycles. The molecule has 1 heterocycles. The summed E-state index contributed by atoms with van der Waals surface area (Å²) in [6.45, 7) is 1.52. The van der Waals surface area contributed by atoms with Crippen molar-refractivity contribution < 1.29 is 14.7 Å². The van der Waals surface area contributed by atoms with E-state index in [9.17, 15) is 9.59 Å². The lowest BCUT2D eigenvalue weighted by Gasteiger charge is -2.35. The Labute approximate surface area is 139 Å². The zero-order valence-electron chi connectivity index (χ0n) is 12.0. The smallest absolute Gasteiger partial charge is 0.303 e. The zero-order chi connectivity index (χ0) is 16.1. The highest BCUT2D eigenvalue weighted by molar-refractivity contribution is 6.36. The fourth-order valence-corrected chi connectivity index (χ4v) is 3.10. The molecule has 1 aliphatic heterocycles. The standard InChI is InChI=1S/C15H18Cl2N2O3/c16-10-3-4-13(12(17)8-10)19-7-1-2-11(9-19)18-14(20)5-6-15(21)22/h3-4,8,11H,1-2,5-7,9H2,(H,18,20)(H,21,22). The third-order valence-electron chi connectivity index (χ3n) is 3.60. The number of anilines is 1. The lowest BCUT2D eigenvalue weighted by atomic mass is 10.0. The van der Waals surface area contributed by atoms with Crippen LogP contribution >= 0.6 is 23.2 Å². The number of aliphatic carboxylic acids is 1. The van der Waals surface area contributed by atoms with Gasteiger partial charge >= 0.3 is 5.97 Å². The summed E-state index contributed by atoms with van der Waals surface area (Å²) in [5, 5.41) is 12.7. The van der Waals surface area contributed by atoms with E-state index in [-0.39, 0.29) is 24.8 Å². The fraction of sp³-hybridized carbons (Fsp3) is 0.467. The highest BCUT2D eigenvalue weighted by Gasteiger charge is 2.23. The van der Waals surface area contributed by atoms with E-state index < -0.39 is 5.97 Å². The SMILES string of the molecule is O=C(O)CCC(=O)NC1CCCN(c2ccc(Cl)cc2Cl)C1. The maximum atomic E-state index is 11.7. The Morgan fingerprint density at radius 1 is 1.32 bits per heavy atom. The Balaban J connectivity index is 1.94. The molecule has 1 atom stereocenters. The molecule has 1 aliphatic rings. The molecular weight excluding hydrogens is 327 g/mol. The van der Waals surface area contributed by atoms with Crippen molar-refractivity contribution in [2.24, 2.45) is 0 Å². The maximum absolute atomic E-state index is 11.7. The Morgan fingerprint density at radius 3 is 2.77 bits per heavy atom. The second kappa shape index (κ2) is 7.70. The molecule has 0 saturated carbocycles. The van der Waals surface area contributed by atoms with Crippen molar-refractivity contribution in [2.75, 3.05) is 18.0 Å². The van der Waals surface area contributed by atoms with Crippen LogP contribution in [0, 0.1) is 0 Å². The summed E-state index contributed by atoms with van der Waals surface area (Å²) < 4.78 is 0. The number of amides is 1. The van der Waals surface area contributed by atoms with Crippen molar-refractivity contribution in [1.82, 2.24) is 5.32 Å².